The Morgan fingerprint density at radius 1 is 0.963 bits per heavy atom. The molecule has 1 N–H and O–H groups in total. The second-order valence-corrected chi connectivity index (χ2v) is 7.33. The molecule has 1 atom stereocenters. The Hall–Kier alpha value is -3.01. The van der Waals surface area contributed by atoms with Gasteiger partial charge in [-0.05, 0) is 55.7 Å². The van der Waals surface area contributed by atoms with Gasteiger partial charge in [-0.15, -0.1) is 0 Å². The maximum absolute atomic E-state index is 13.2. The van der Waals surface area contributed by atoms with Crippen molar-refractivity contribution in [3.8, 4) is 0 Å². The number of hydrogen-bond acceptors (Lipinski definition) is 1. The van der Waals surface area contributed by atoms with Crippen molar-refractivity contribution < 1.29 is 4.79 Å². The number of carbonyl (C=O) groups excluding carboxylic acids is 1. The monoisotopic (exact) mass is 359 g/mol. The van der Waals surface area contributed by atoms with E-state index in [-0.39, 0.29) is 12.1 Å². The third kappa shape index (κ3) is 3.23. The van der Waals surface area contributed by atoms with Crippen molar-refractivity contribution in [1.29, 1.82) is 0 Å². The number of anilines is 1. The van der Waals surface area contributed by atoms with E-state index in [2.05, 4.69) is 60.3 Å². The zero-order chi connectivity index (χ0) is 19.0. The van der Waals surface area contributed by atoms with E-state index < -0.39 is 0 Å². The van der Waals surface area contributed by atoms with Gasteiger partial charge in [-0.25, -0.2) is 4.79 Å². The van der Waals surface area contributed by atoms with Crippen LogP contribution in [0.2, 0.25) is 0 Å². The Labute approximate surface area is 160 Å². The molecule has 2 aromatic carbocycles. The van der Waals surface area contributed by atoms with Gasteiger partial charge in [0.25, 0.3) is 0 Å². The molecule has 0 radical (unpaired) electrons. The summed E-state index contributed by atoms with van der Waals surface area (Å²) in [4.78, 5) is 15.2. The molecule has 0 spiro atoms. The van der Waals surface area contributed by atoms with Gasteiger partial charge in [0.05, 0.1) is 6.04 Å². The Kier molecular flexibility index (Phi) is 4.48. The number of fused-ring (bicyclic) bond motifs is 1. The predicted octanol–water partition coefficient (Wildman–Crippen LogP) is 5.05. The molecule has 1 unspecified atom stereocenters. The van der Waals surface area contributed by atoms with E-state index in [1.807, 2.05) is 36.1 Å². The molecular formula is C23H25N3O. The van der Waals surface area contributed by atoms with E-state index in [0.29, 0.717) is 6.54 Å². The standard InChI is InChI=1S/C23H25N3O/c1-16-10-11-20(18(3)15-16)24-23(27)26-14-13-25-12-6-9-21(25)22(26)19-8-5-4-7-17(19)2/h4-12,15,22H,13-14H2,1-3H3,(H,24,27). The van der Waals surface area contributed by atoms with Crippen LogP contribution in [0.1, 0.15) is 34.0 Å². The molecule has 0 fully saturated rings. The Balaban J connectivity index is 1.70. The number of carbonyl (C=O) groups is 1. The summed E-state index contributed by atoms with van der Waals surface area (Å²) in [7, 11) is 0. The smallest absolute Gasteiger partial charge is 0.322 e. The molecule has 3 aromatic rings. The predicted molar refractivity (Wildman–Crippen MR) is 109 cm³/mol. The highest BCUT2D eigenvalue weighted by Crippen LogP contribution is 2.34. The minimum Gasteiger partial charge on any atom is -0.348 e. The summed E-state index contributed by atoms with van der Waals surface area (Å²) in [5.41, 5.74) is 6.67. The number of amides is 2. The van der Waals surface area contributed by atoms with Crippen LogP contribution >= 0.6 is 0 Å². The first kappa shape index (κ1) is 17.4. The summed E-state index contributed by atoms with van der Waals surface area (Å²) in [6, 6.07) is 18.5. The third-order valence-corrected chi connectivity index (χ3v) is 5.41. The molecule has 4 nitrogen and oxygen atoms in total. The quantitative estimate of drug-likeness (QED) is 0.683. The highest BCUT2D eigenvalue weighted by atomic mass is 16.2. The summed E-state index contributed by atoms with van der Waals surface area (Å²) < 4.78 is 2.25. The van der Waals surface area contributed by atoms with E-state index in [9.17, 15) is 4.79 Å². The summed E-state index contributed by atoms with van der Waals surface area (Å²) >= 11 is 0. The fraction of sp³-hybridized carbons (Fsp3) is 0.261. The number of hydrogen-bond donors (Lipinski definition) is 1. The Morgan fingerprint density at radius 3 is 2.56 bits per heavy atom. The van der Waals surface area contributed by atoms with Gasteiger partial charge in [0.15, 0.2) is 0 Å². The van der Waals surface area contributed by atoms with Crippen molar-refractivity contribution in [2.24, 2.45) is 0 Å². The lowest BCUT2D eigenvalue weighted by Gasteiger charge is -2.38. The minimum atomic E-state index is -0.0827. The lowest BCUT2D eigenvalue weighted by atomic mass is 9.96. The molecule has 0 bridgehead atoms. The van der Waals surface area contributed by atoms with Crippen LogP contribution in [-0.2, 0) is 6.54 Å². The second-order valence-electron chi connectivity index (χ2n) is 7.33. The number of benzene rings is 2. The van der Waals surface area contributed by atoms with Gasteiger partial charge < -0.3 is 14.8 Å². The normalized spacial score (nSPS) is 16.1. The van der Waals surface area contributed by atoms with E-state index in [0.717, 1.165) is 23.5 Å². The second kappa shape index (κ2) is 6.95. The molecule has 4 heteroatoms. The SMILES string of the molecule is Cc1ccc(NC(=O)N2CCn3cccc3C2c2ccccc2C)c(C)c1. The lowest BCUT2D eigenvalue weighted by molar-refractivity contribution is 0.181. The van der Waals surface area contributed by atoms with Crippen LogP contribution < -0.4 is 5.32 Å². The fourth-order valence-corrected chi connectivity index (χ4v) is 3.96. The third-order valence-electron chi connectivity index (χ3n) is 5.41. The number of nitrogens with zero attached hydrogens (tertiary/aromatic N) is 2. The highest BCUT2D eigenvalue weighted by Gasteiger charge is 2.33. The van der Waals surface area contributed by atoms with Gasteiger partial charge in [0, 0.05) is 30.7 Å². The van der Waals surface area contributed by atoms with Crippen LogP contribution in [-0.4, -0.2) is 22.0 Å². The van der Waals surface area contributed by atoms with E-state index in [4.69, 9.17) is 0 Å². The van der Waals surface area contributed by atoms with Crippen LogP contribution in [0.25, 0.3) is 0 Å². The van der Waals surface area contributed by atoms with Crippen molar-refractivity contribution >= 4 is 11.7 Å². The van der Waals surface area contributed by atoms with Gasteiger partial charge in [-0.1, -0.05) is 42.0 Å². The van der Waals surface area contributed by atoms with Gasteiger partial charge in [-0.3, -0.25) is 0 Å². The molecule has 1 aromatic heterocycles. The van der Waals surface area contributed by atoms with Crippen LogP contribution in [0.3, 0.4) is 0 Å². The lowest BCUT2D eigenvalue weighted by Crippen LogP contribution is -2.44. The van der Waals surface area contributed by atoms with E-state index in [1.165, 1.54) is 16.7 Å². The first-order valence-electron chi connectivity index (χ1n) is 9.40. The molecule has 27 heavy (non-hydrogen) atoms. The molecular weight excluding hydrogens is 334 g/mol. The zero-order valence-corrected chi connectivity index (χ0v) is 16.1. The summed E-state index contributed by atoms with van der Waals surface area (Å²) in [6.07, 6.45) is 2.10. The summed E-state index contributed by atoms with van der Waals surface area (Å²) in [5, 5.41) is 3.13. The number of aryl methyl sites for hydroxylation is 3. The molecule has 2 amide bonds. The van der Waals surface area contributed by atoms with Crippen LogP contribution in [0.4, 0.5) is 10.5 Å². The first-order valence-corrected chi connectivity index (χ1v) is 9.40. The molecule has 0 saturated carbocycles. The van der Waals surface area contributed by atoms with Crippen molar-refractivity contribution in [3.63, 3.8) is 0 Å². The van der Waals surface area contributed by atoms with Crippen molar-refractivity contribution in [1.82, 2.24) is 9.47 Å². The number of rotatable bonds is 2. The number of aromatic nitrogens is 1. The van der Waals surface area contributed by atoms with Crippen molar-refractivity contribution in [2.75, 3.05) is 11.9 Å². The fourth-order valence-electron chi connectivity index (χ4n) is 3.96. The van der Waals surface area contributed by atoms with Crippen LogP contribution in [0.15, 0.2) is 60.8 Å². The largest absolute Gasteiger partial charge is 0.348 e. The molecule has 4 rings (SSSR count). The van der Waals surface area contributed by atoms with Gasteiger partial charge >= 0.3 is 6.03 Å². The topological polar surface area (TPSA) is 37.3 Å². The summed E-state index contributed by atoms with van der Waals surface area (Å²) in [6.45, 7) is 7.69. The first-order chi connectivity index (χ1) is 13.0. The van der Waals surface area contributed by atoms with E-state index in [1.54, 1.807) is 0 Å². The summed E-state index contributed by atoms with van der Waals surface area (Å²) in [5.74, 6) is 0. The minimum absolute atomic E-state index is 0.0531. The molecule has 1 aliphatic rings. The molecule has 138 valence electrons. The van der Waals surface area contributed by atoms with E-state index >= 15 is 0 Å². The average Bonchev–Trinajstić information content (AvgIpc) is 3.12. The Morgan fingerprint density at radius 2 is 1.78 bits per heavy atom. The van der Waals surface area contributed by atoms with Gasteiger partial charge in [-0.2, -0.15) is 0 Å². The van der Waals surface area contributed by atoms with Gasteiger partial charge in [0.1, 0.15) is 0 Å². The maximum Gasteiger partial charge on any atom is 0.322 e. The van der Waals surface area contributed by atoms with Crippen molar-refractivity contribution in [2.45, 2.75) is 33.4 Å². The molecule has 0 saturated heterocycles. The maximum atomic E-state index is 13.2. The van der Waals surface area contributed by atoms with Crippen LogP contribution in [0.5, 0.6) is 0 Å². The number of nitrogens with one attached hydrogen (secondary N) is 1. The zero-order valence-electron chi connectivity index (χ0n) is 16.1. The Bertz CT molecular complexity index is 989. The molecule has 0 aliphatic carbocycles. The molecule has 2 heterocycles. The number of urea groups is 1. The van der Waals surface area contributed by atoms with Crippen LogP contribution in [0, 0.1) is 20.8 Å². The van der Waals surface area contributed by atoms with Crippen molar-refractivity contribution in [3.05, 3.63) is 88.7 Å². The average molecular weight is 359 g/mol. The van der Waals surface area contributed by atoms with Gasteiger partial charge in [0.2, 0.25) is 0 Å². The molecule has 1 aliphatic heterocycles. The highest BCUT2D eigenvalue weighted by molar-refractivity contribution is 5.90.